The molecule has 3 aromatic carbocycles. The molecule has 3 aromatic rings. The summed E-state index contributed by atoms with van der Waals surface area (Å²) in [5, 5.41) is 10.7. The molecule has 0 spiro atoms. The van der Waals surface area contributed by atoms with Crippen LogP contribution in [0.1, 0.15) is 40.7 Å². The van der Waals surface area contributed by atoms with Crippen LogP contribution in [0.5, 0.6) is 5.75 Å². The number of rotatable bonds is 9. The molecule has 0 aliphatic heterocycles. The fourth-order valence-corrected chi connectivity index (χ4v) is 4.27. The van der Waals surface area contributed by atoms with Crippen molar-refractivity contribution in [1.29, 1.82) is 0 Å². The average molecular weight is 477 g/mol. The zero-order chi connectivity index (χ0) is 24.5. The second-order valence-corrected chi connectivity index (χ2v) is 8.79. The van der Waals surface area contributed by atoms with Crippen molar-refractivity contribution in [2.75, 3.05) is 7.11 Å². The Balaban J connectivity index is 1.46. The molecule has 0 radical (unpaired) electrons. The van der Waals surface area contributed by atoms with E-state index >= 15 is 0 Å². The molecule has 6 nitrogen and oxygen atoms in total. The largest absolute Gasteiger partial charge is 0.497 e. The van der Waals surface area contributed by atoms with Gasteiger partial charge >= 0.3 is 5.97 Å². The molecule has 1 aliphatic rings. The predicted molar refractivity (Wildman–Crippen MR) is 132 cm³/mol. The number of methoxy groups -OCH3 is 1. The number of hydrogen-bond acceptors (Lipinski definition) is 6. The molecule has 35 heavy (non-hydrogen) atoms. The molecule has 0 bridgehead atoms. The van der Waals surface area contributed by atoms with Crippen LogP contribution in [-0.2, 0) is 27.4 Å². The van der Waals surface area contributed by atoms with Crippen LogP contribution in [0.4, 0.5) is 0 Å². The predicted octanol–water partition coefficient (Wildman–Crippen LogP) is 4.94. The van der Waals surface area contributed by atoms with Crippen LogP contribution in [0.15, 0.2) is 84.9 Å². The summed E-state index contributed by atoms with van der Waals surface area (Å²) in [4.78, 5) is 12.7. The Bertz CT molecular complexity index is 1040. The minimum Gasteiger partial charge on any atom is -0.497 e. The van der Waals surface area contributed by atoms with Crippen LogP contribution in [0.3, 0.4) is 0 Å². The Morgan fingerprint density at radius 1 is 0.771 bits per heavy atom. The molecule has 4 rings (SSSR count). The Hall–Kier alpha value is -3.19. The summed E-state index contributed by atoms with van der Waals surface area (Å²) in [6.45, 7) is 0.782. The van der Waals surface area contributed by atoms with E-state index < -0.39 is 18.2 Å². The summed E-state index contributed by atoms with van der Waals surface area (Å²) in [6, 6.07) is 26.5. The molecule has 1 aliphatic carbocycles. The van der Waals surface area contributed by atoms with E-state index in [2.05, 4.69) is 0 Å². The van der Waals surface area contributed by atoms with Gasteiger partial charge in [0.25, 0.3) is 0 Å². The summed E-state index contributed by atoms with van der Waals surface area (Å²) >= 11 is 0. The smallest absolute Gasteiger partial charge is 0.338 e. The first-order chi connectivity index (χ1) is 17.1. The first-order valence-corrected chi connectivity index (χ1v) is 11.9. The standard InChI is InChI=1S/C29H32O6/c1-32-25-14-12-22(13-15-25)20-33-27-17-24(30)16-26(35-29(31)23-10-6-3-7-11-23)18-28(27)34-19-21-8-4-2-5-9-21/h2-15,24,26-28,30H,16-20H2,1H3/t24?,26?,27-,28-/m1/s1. The Labute approximate surface area is 206 Å². The number of aliphatic hydroxyl groups is 1. The Morgan fingerprint density at radius 2 is 1.34 bits per heavy atom. The molecule has 2 unspecified atom stereocenters. The number of ether oxygens (including phenoxy) is 4. The van der Waals surface area contributed by atoms with Crippen molar-refractivity contribution < 1.29 is 28.8 Å². The zero-order valence-electron chi connectivity index (χ0n) is 19.9. The minimum atomic E-state index is -0.672. The van der Waals surface area contributed by atoms with Crippen molar-refractivity contribution >= 4 is 5.97 Å². The van der Waals surface area contributed by atoms with Gasteiger partial charge in [-0.15, -0.1) is 0 Å². The summed E-state index contributed by atoms with van der Waals surface area (Å²) in [6.07, 6.45) is -0.671. The van der Waals surface area contributed by atoms with Gasteiger partial charge in [0.2, 0.25) is 0 Å². The molecule has 0 saturated heterocycles. The van der Waals surface area contributed by atoms with Crippen LogP contribution in [0.25, 0.3) is 0 Å². The third-order valence-corrected chi connectivity index (χ3v) is 6.16. The van der Waals surface area contributed by atoms with Gasteiger partial charge in [-0.1, -0.05) is 60.7 Å². The molecule has 0 amide bonds. The fraction of sp³-hybridized carbons (Fsp3) is 0.345. The van der Waals surface area contributed by atoms with Crippen molar-refractivity contribution in [3.63, 3.8) is 0 Å². The first kappa shape index (κ1) is 24.9. The Morgan fingerprint density at radius 3 is 1.97 bits per heavy atom. The SMILES string of the molecule is COc1ccc(CO[C@@H]2CC(O)CC(OC(=O)c3ccccc3)C[C@H]2OCc2ccccc2)cc1. The maximum atomic E-state index is 12.7. The highest BCUT2D eigenvalue weighted by Gasteiger charge is 2.35. The molecule has 4 atom stereocenters. The lowest BCUT2D eigenvalue weighted by molar-refractivity contribution is -0.101. The van der Waals surface area contributed by atoms with Crippen molar-refractivity contribution in [1.82, 2.24) is 0 Å². The lowest BCUT2D eigenvalue weighted by Gasteiger charge is -2.27. The number of hydrogen-bond donors (Lipinski definition) is 1. The van der Waals surface area contributed by atoms with Gasteiger partial charge in [0.1, 0.15) is 11.9 Å². The van der Waals surface area contributed by atoms with Crippen LogP contribution in [0.2, 0.25) is 0 Å². The quantitative estimate of drug-likeness (QED) is 0.349. The highest BCUT2D eigenvalue weighted by Crippen LogP contribution is 2.28. The third-order valence-electron chi connectivity index (χ3n) is 6.16. The van der Waals surface area contributed by atoms with E-state index in [0.717, 1.165) is 16.9 Å². The van der Waals surface area contributed by atoms with E-state index in [1.807, 2.05) is 60.7 Å². The summed E-state index contributed by atoms with van der Waals surface area (Å²) in [5.41, 5.74) is 2.53. The lowest BCUT2D eigenvalue weighted by atomic mass is 10.1. The molecule has 1 saturated carbocycles. The number of benzene rings is 3. The van der Waals surface area contributed by atoms with E-state index in [-0.39, 0.29) is 12.2 Å². The molecule has 0 heterocycles. The van der Waals surface area contributed by atoms with Crippen LogP contribution in [0, 0.1) is 0 Å². The summed E-state index contributed by atoms with van der Waals surface area (Å²) in [7, 11) is 1.63. The zero-order valence-corrected chi connectivity index (χ0v) is 19.9. The van der Waals surface area contributed by atoms with Gasteiger partial charge in [-0.05, 0) is 35.4 Å². The maximum absolute atomic E-state index is 12.7. The monoisotopic (exact) mass is 476 g/mol. The highest BCUT2D eigenvalue weighted by molar-refractivity contribution is 5.89. The average Bonchev–Trinajstić information content (AvgIpc) is 3.05. The Kier molecular flexibility index (Phi) is 8.90. The van der Waals surface area contributed by atoms with E-state index in [0.29, 0.717) is 38.0 Å². The van der Waals surface area contributed by atoms with E-state index in [9.17, 15) is 9.90 Å². The highest BCUT2D eigenvalue weighted by atomic mass is 16.6. The topological polar surface area (TPSA) is 74.2 Å². The second-order valence-electron chi connectivity index (χ2n) is 8.79. The summed E-state index contributed by atoms with van der Waals surface area (Å²) in [5.74, 6) is 0.382. The van der Waals surface area contributed by atoms with Crippen molar-refractivity contribution in [2.45, 2.75) is 56.9 Å². The van der Waals surface area contributed by atoms with Gasteiger partial charge in [-0.3, -0.25) is 0 Å². The van der Waals surface area contributed by atoms with E-state index in [1.165, 1.54) is 0 Å². The van der Waals surface area contributed by atoms with Crippen LogP contribution < -0.4 is 4.74 Å². The second kappa shape index (κ2) is 12.5. The van der Waals surface area contributed by atoms with E-state index in [1.54, 1.807) is 31.4 Å². The summed E-state index contributed by atoms with van der Waals surface area (Å²) < 4.78 is 23.6. The van der Waals surface area contributed by atoms with Gasteiger partial charge in [0.05, 0.1) is 44.2 Å². The molecule has 6 heteroatoms. The number of aliphatic hydroxyl groups excluding tert-OH is 1. The normalized spacial score (nSPS) is 22.2. The fourth-order valence-electron chi connectivity index (χ4n) is 4.27. The van der Waals surface area contributed by atoms with Gasteiger partial charge in [0.15, 0.2) is 0 Å². The van der Waals surface area contributed by atoms with Gasteiger partial charge < -0.3 is 24.1 Å². The van der Waals surface area contributed by atoms with Crippen molar-refractivity contribution in [2.24, 2.45) is 0 Å². The number of carbonyl (C=O) groups excluding carboxylic acids is 1. The lowest BCUT2D eigenvalue weighted by Crippen LogP contribution is -2.34. The van der Waals surface area contributed by atoms with Gasteiger partial charge in [-0.25, -0.2) is 4.79 Å². The number of esters is 1. The molecule has 184 valence electrons. The van der Waals surface area contributed by atoms with E-state index in [4.69, 9.17) is 18.9 Å². The third kappa shape index (κ3) is 7.39. The maximum Gasteiger partial charge on any atom is 0.338 e. The van der Waals surface area contributed by atoms with Gasteiger partial charge in [-0.2, -0.15) is 0 Å². The van der Waals surface area contributed by atoms with Crippen LogP contribution in [-0.4, -0.2) is 42.6 Å². The number of carbonyl (C=O) groups is 1. The molecule has 1 N–H and O–H groups in total. The van der Waals surface area contributed by atoms with Gasteiger partial charge in [0, 0.05) is 19.3 Å². The molecular formula is C29H32O6. The minimum absolute atomic E-state index is 0.339. The first-order valence-electron chi connectivity index (χ1n) is 11.9. The van der Waals surface area contributed by atoms with Crippen molar-refractivity contribution in [3.8, 4) is 5.75 Å². The van der Waals surface area contributed by atoms with Crippen molar-refractivity contribution in [3.05, 3.63) is 102 Å². The molecular weight excluding hydrogens is 444 g/mol. The van der Waals surface area contributed by atoms with Crippen LogP contribution >= 0.6 is 0 Å². The molecule has 0 aromatic heterocycles. The molecule has 1 fully saturated rings.